The average Bonchev–Trinajstić information content (AvgIpc) is 2.47. The quantitative estimate of drug-likeness (QED) is 0.851. The Balaban J connectivity index is 2.29. The van der Waals surface area contributed by atoms with Gasteiger partial charge < -0.3 is 10.1 Å². The van der Waals surface area contributed by atoms with E-state index in [2.05, 4.69) is 10.3 Å². The van der Waals surface area contributed by atoms with Gasteiger partial charge in [-0.25, -0.2) is 0 Å². The topological polar surface area (TPSA) is 68.3 Å². The standard InChI is InChI=1S/C14H12N2O3/c1-19-13-11(9-17)3-2-4-12(13)16-14(18)10-5-7-15-8-6-10/h2-9H,1H3,(H,16,18). The van der Waals surface area contributed by atoms with Gasteiger partial charge in [0.1, 0.15) is 0 Å². The molecule has 1 N–H and O–H groups in total. The van der Waals surface area contributed by atoms with Gasteiger partial charge in [-0.3, -0.25) is 14.6 Å². The number of aldehydes is 1. The second-order valence-corrected chi connectivity index (χ2v) is 3.74. The number of ether oxygens (including phenoxy) is 1. The van der Waals surface area contributed by atoms with E-state index < -0.39 is 0 Å². The minimum Gasteiger partial charge on any atom is -0.494 e. The van der Waals surface area contributed by atoms with E-state index in [-0.39, 0.29) is 5.91 Å². The number of pyridine rings is 1. The molecule has 5 nitrogen and oxygen atoms in total. The predicted octanol–water partition coefficient (Wildman–Crippen LogP) is 2.16. The molecule has 1 amide bonds. The molecule has 0 radical (unpaired) electrons. The lowest BCUT2D eigenvalue weighted by molar-refractivity contribution is 0.102. The van der Waals surface area contributed by atoms with Gasteiger partial charge in [-0.2, -0.15) is 0 Å². The van der Waals surface area contributed by atoms with Crippen LogP contribution in [0.5, 0.6) is 5.75 Å². The smallest absolute Gasteiger partial charge is 0.255 e. The van der Waals surface area contributed by atoms with Crippen LogP contribution < -0.4 is 10.1 Å². The van der Waals surface area contributed by atoms with E-state index >= 15 is 0 Å². The summed E-state index contributed by atoms with van der Waals surface area (Å²) < 4.78 is 5.15. The molecule has 0 fully saturated rings. The van der Waals surface area contributed by atoms with Crippen molar-refractivity contribution in [2.24, 2.45) is 0 Å². The maximum atomic E-state index is 12.0. The maximum absolute atomic E-state index is 12.0. The Hall–Kier alpha value is -2.69. The molecule has 1 heterocycles. The predicted molar refractivity (Wildman–Crippen MR) is 70.6 cm³/mol. The van der Waals surface area contributed by atoms with Gasteiger partial charge in [0.05, 0.1) is 18.4 Å². The molecule has 2 aromatic rings. The first-order chi connectivity index (χ1) is 9.26. The van der Waals surface area contributed by atoms with Crippen molar-refractivity contribution in [2.75, 3.05) is 12.4 Å². The largest absolute Gasteiger partial charge is 0.494 e. The lowest BCUT2D eigenvalue weighted by Crippen LogP contribution is -2.13. The van der Waals surface area contributed by atoms with E-state index in [9.17, 15) is 9.59 Å². The van der Waals surface area contributed by atoms with E-state index in [1.165, 1.54) is 19.5 Å². The highest BCUT2D eigenvalue weighted by atomic mass is 16.5. The Labute approximate surface area is 110 Å². The van der Waals surface area contributed by atoms with Gasteiger partial charge in [0.15, 0.2) is 12.0 Å². The molecule has 2 rings (SSSR count). The van der Waals surface area contributed by atoms with Crippen LogP contribution in [0.4, 0.5) is 5.69 Å². The van der Waals surface area contributed by atoms with Crippen LogP contribution in [0.3, 0.4) is 0 Å². The first-order valence-corrected chi connectivity index (χ1v) is 5.60. The summed E-state index contributed by atoms with van der Waals surface area (Å²) in [5.41, 5.74) is 1.32. The van der Waals surface area contributed by atoms with Crippen molar-refractivity contribution < 1.29 is 14.3 Å². The fourth-order valence-electron chi connectivity index (χ4n) is 1.67. The summed E-state index contributed by atoms with van der Waals surface area (Å²) in [6.45, 7) is 0. The van der Waals surface area contributed by atoms with Crippen LogP contribution in [0.2, 0.25) is 0 Å². The van der Waals surface area contributed by atoms with Crippen molar-refractivity contribution in [3.05, 3.63) is 53.9 Å². The fraction of sp³-hybridized carbons (Fsp3) is 0.0714. The van der Waals surface area contributed by atoms with E-state index in [0.29, 0.717) is 28.8 Å². The highest BCUT2D eigenvalue weighted by Crippen LogP contribution is 2.27. The molecule has 19 heavy (non-hydrogen) atoms. The number of aromatic nitrogens is 1. The summed E-state index contributed by atoms with van der Waals surface area (Å²) in [4.78, 5) is 26.7. The number of methoxy groups -OCH3 is 1. The summed E-state index contributed by atoms with van der Waals surface area (Å²) in [6, 6.07) is 8.17. The molecule has 1 aromatic carbocycles. The molecule has 0 spiro atoms. The molecular weight excluding hydrogens is 244 g/mol. The Morgan fingerprint density at radius 1 is 1.26 bits per heavy atom. The van der Waals surface area contributed by atoms with Crippen LogP contribution in [-0.2, 0) is 0 Å². The number of nitrogens with one attached hydrogen (secondary N) is 1. The zero-order valence-corrected chi connectivity index (χ0v) is 10.3. The van der Waals surface area contributed by atoms with Crippen LogP contribution in [0, 0.1) is 0 Å². The number of anilines is 1. The lowest BCUT2D eigenvalue weighted by atomic mass is 10.1. The molecule has 5 heteroatoms. The first kappa shape index (κ1) is 12.8. The van der Waals surface area contributed by atoms with Crippen LogP contribution in [0.15, 0.2) is 42.7 Å². The van der Waals surface area contributed by atoms with Crippen molar-refractivity contribution in [1.29, 1.82) is 0 Å². The molecule has 0 saturated carbocycles. The Morgan fingerprint density at radius 2 is 2.00 bits per heavy atom. The van der Waals surface area contributed by atoms with Gasteiger partial charge in [-0.05, 0) is 24.3 Å². The van der Waals surface area contributed by atoms with E-state index in [0.717, 1.165) is 0 Å². The third-order valence-corrected chi connectivity index (χ3v) is 2.57. The van der Waals surface area contributed by atoms with Gasteiger partial charge in [0.25, 0.3) is 5.91 Å². The van der Waals surface area contributed by atoms with E-state index in [4.69, 9.17) is 4.74 Å². The first-order valence-electron chi connectivity index (χ1n) is 5.60. The molecule has 0 unspecified atom stereocenters. The van der Waals surface area contributed by atoms with Crippen LogP contribution >= 0.6 is 0 Å². The third kappa shape index (κ3) is 2.77. The molecule has 1 aromatic heterocycles. The Morgan fingerprint density at radius 3 is 2.63 bits per heavy atom. The van der Waals surface area contributed by atoms with Crippen molar-refractivity contribution in [3.8, 4) is 5.75 Å². The molecule has 0 aliphatic heterocycles. The number of hydrogen-bond acceptors (Lipinski definition) is 4. The normalized spacial score (nSPS) is 9.74. The summed E-state index contributed by atoms with van der Waals surface area (Å²) in [7, 11) is 1.45. The van der Waals surface area contributed by atoms with Crippen molar-refractivity contribution >= 4 is 17.9 Å². The SMILES string of the molecule is COc1c(C=O)cccc1NC(=O)c1ccncc1. The number of carbonyl (C=O) groups excluding carboxylic acids is 2. The van der Waals surface area contributed by atoms with Crippen molar-refractivity contribution in [1.82, 2.24) is 4.98 Å². The second-order valence-electron chi connectivity index (χ2n) is 3.74. The van der Waals surface area contributed by atoms with Gasteiger partial charge in [0, 0.05) is 18.0 Å². The summed E-state index contributed by atoms with van der Waals surface area (Å²) in [5, 5.41) is 2.70. The maximum Gasteiger partial charge on any atom is 0.255 e. The molecule has 0 atom stereocenters. The minimum absolute atomic E-state index is 0.288. The number of benzene rings is 1. The molecule has 0 aliphatic carbocycles. The number of amides is 1. The van der Waals surface area contributed by atoms with Gasteiger partial charge in [-0.15, -0.1) is 0 Å². The zero-order valence-electron chi connectivity index (χ0n) is 10.3. The minimum atomic E-state index is -0.288. The summed E-state index contributed by atoms with van der Waals surface area (Å²) in [6.07, 6.45) is 3.75. The highest BCUT2D eigenvalue weighted by Gasteiger charge is 2.12. The zero-order chi connectivity index (χ0) is 13.7. The number of hydrogen-bond donors (Lipinski definition) is 1. The average molecular weight is 256 g/mol. The van der Waals surface area contributed by atoms with Crippen LogP contribution in [0.1, 0.15) is 20.7 Å². The molecule has 96 valence electrons. The summed E-state index contributed by atoms with van der Waals surface area (Å²) >= 11 is 0. The number of rotatable bonds is 4. The highest BCUT2D eigenvalue weighted by molar-refractivity contribution is 6.05. The number of nitrogens with zero attached hydrogens (tertiary/aromatic N) is 1. The molecule has 0 aliphatic rings. The van der Waals surface area contributed by atoms with Gasteiger partial charge in [-0.1, -0.05) is 6.07 Å². The fourth-order valence-corrected chi connectivity index (χ4v) is 1.67. The number of para-hydroxylation sites is 1. The van der Waals surface area contributed by atoms with Gasteiger partial charge >= 0.3 is 0 Å². The number of carbonyl (C=O) groups is 2. The van der Waals surface area contributed by atoms with E-state index in [1.54, 1.807) is 30.3 Å². The van der Waals surface area contributed by atoms with Gasteiger partial charge in [0.2, 0.25) is 0 Å². The van der Waals surface area contributed by atoms with Crippen LogP contribution in [-0.4, -0.2) is 24.3 Å². The molecule has 0 saturated heterocycles. The van der Waals surface area contributed by atoms with Crippen LogP contribution in [0.25, 0.3) is 0 Å². The van der Waals surface area contributed by atoms with Crippen molar-refractivity contribution in [2.45, 2.75) is 0 Å². The lowest BCUT2D eigenvalue weighted by Gasteiger charge is -2.11. The monoisotopic (exact) mass is 256 g/mol. The summed E-state index contributed by atoms with van der Waals surface area (Å²) in [5.74, 6) is 0.0589. The molecular formula is C14H12N2O3. The van der Waals surface area contributed by atoms with E-state index in [1.807, 2.05) is 0 Å². The Bertz CT molecular complexity index is 597. The van der Waals surface area contributed by atoms with Crippen molar-refractivity contribution in [3.63, 3.8) is 0 Å². The molecule has 0 bridgehead atoms. The Kier molecular flexibility index (Phi) is 3.87. The second kappa shape index (κ2) is 5.77. The third-order valence-electron chi connectivity index (χ3n) is 2.57.